The Hall–Kier alpha value is -2.45. The van der Waals surface area contributed by atoms with Crippen molar-refractivity contribution >= 4 is 39.6 Å². The lowest BCUT2D eigenvalue weighted by molar-refractivity contribution is -0.120. The molecule has 0 saturated heterocycles. The van der Waals surface area contributed by atoms with Crippen molar-refractivity contribution in [3.63, 3.8) is 0 Å². The van der Waals surface area contributed by atoms with Gasteiger partial charge in [0.1, 0.15) is 11.5 Å². The SMILES string of the molecule is CC(=O)N[C@@H](CC(=O)Nc1nc(-c2ccc(C)o2)cs1)c1cccs1. The van der Waals surface area contributed by atoms with Gasteiger partial charge in [-0.25, -0.2) is 4.98 Å². The standard InChI is InChI=1S/C17H17N3O3S2/c1-10-5-6-14(23-10)13-9-25-17(19-13)20-16(22)8-12(18-11(2)21)15-4-3-7-24-15/h3-7,9,12H,8H2,1-2H3,(H,18,21)(H,19,20,22)/t12-/m0/s1. The van der Waals surface area contributed by atoms with E-state index in [0.29, 0.717) is 16.6 Å². The van der Waals surface area contributed by atoms with Crippen LogP contribution >= 0.6 is 22.7 Å². The molecular weight excluding hydrogens is 358 g/mol. The molecule has 0 aromatic carbocycles. The molecule has 0 aliphatic rings. The first-order valence-electron chi connectivity index (χ1n) is 7.64. The number of rotatable bonds is 6. The van der Waals surface area contributed by atoms with Gasteiger partial charge in [-0.2, -0.15) is 0 Å². The van der Waals surface area contributed by atoms with Crippen molar-refractivity contribution in [1.29, 1.82) is 0 Å². The van der Waals surface area contributed by atoms with Crippen LogP contribution in [0.4, 0.5) is 5.13 Å². The lowest BCUT2D eigenvalue weighted by atomic mass is 10.1. The molecule has 6 nitrogen and oxygen atoms in total. The quantitative estimate of drug-likeness (QED) is 0.682. The maximum absolute atomic E-state index is 12.3. The first kappa shape index (κ1) is 17.4. The van der Waals surface area contributed by atoms with Crippen molar-refractivity contribution in [2.45, 2.75) is 26.3 Å². The zero-order valence-electron chi connectivity index (χ0n) is 13.7. The van der Waals surface area contributed by atoms with Crippen LogP contribution in [0.25, 0.3) is 11.5 Å². The second-order valence-corrected chi connectivity index (χ2v) is 7.31. The first-order valence-corrected chi connectivity index (χ1v) is 9.40. The fourth-order valence-electron chi connectivity index (χ4n) is 2.33. The second kappa shape index (κ2) is 7.62. The van der Waals surface area contributed by atoms with Crippen LogP contribution in [0.15, 0.2) is 39.4 Å². The van der Waals surface area contributed by atoms with Crippen molar-refractivity contribution in [3.05, 3.63) is 45.7 Å². The van der Waals surface area contributed by atoms with Gasteiger partial charge in [0.15, 0.2) is 10.9 Å². The zero-order chi connectivity index (χ0) is 17.8. The molecule has 1 atom stereocenters. The Labute approximate surface area is 152 Å². The molecule has 0 unspecified atom stereocenters. The van der Waals surface area contributed by atoms with Crippen LogP contribution in [0.1, 0.15) is 30.0 Å². The molecule has 0 spiro atoms. The fraction of sp³-hybridized carbons (Fsp3) is 0.235. The van der Waals surface area contributed by atoms with E-state index < -0.39 is 0 Å². The summed E-state index contributed by atoms with van der Waals surface area (Å²) in [4.78, 5) is 29.0. The third-order valence-electron chi connectivity index (χ3n) is 3.40. The summed E-state index contributed by atoms with van der Waals surface area (Å²) in [7, 11) is 0. The third kappa shape index (κ3) is 4.55. The normalized spacial score (nSPS) is 11.9. The number of thiophene rings is 1. The van der Waals surface area contributed by atoms with Gasteiger partial charge in [-0.05, 0) is 30.5 Å². The highest BCUT2D eigenvalue weighted by Gasteiger charge is 2.19. The minimum atomic E-state index is -0.343. The molecule has 0 radical (unpaired) electrons. The summed E-state index contributed by atoms with van der Waals surface area (Å²) in [5, 5.41) is 9.85. The fourth-order valence-corrected chi connectivity index (χ4v) is 3.82. The average Bonchev–Trinajstić information content (AvgIpc) is 3.26. The highest BCUT2D eigenvalue weighted by Crippen LogP contribution is 2.27. The Bertz CT molecular complexity index is 867. The van der Waals surface area contributed by atoms with E-state index in [9.17, 15) is 9.59 Å². The number of thiazole rings is 1. The Morgan fingerprint density at radius 1 is 1.28 bits per heavy atom. The lowest BCUT2D eigenvalue weighted by Crippen LogP contribution is -2.29. The van der Waals surface area contributed by atoms with E-state index in [1.807, 2.05) is 41.9 Å². The largest absolute Gasteiger partial charge is 0.460 e. The number of nitrogens with one attached hydrogen (secondary N) is 2. The number of aryl methyl sites for hydroxylation is 1. The summed E-state index contributed by atoms with van der Waals surface area (Å²) in [5.74, 6) is 1.10. The lowest BCUT2D eigenvalue weighted by Gasteiger charge is -2.15. The number of carbonyl (C=O) groups is 2. The molecule has 0 bridgehead atoms. The van der Waals surface area contributed by atoms with Gasteiger partial charge >= 0.3 is 0 Å². The smallest absolute Gasteiger partial charge is 0.228 e. The van der Waals surface area contributed by atoms with Crippen LogP contribution in [0.5, 0.6) is 0 Å². The summed E-state index contributed by atoms with van der Waals surface area (Å²) in [5.41, 5.74) is 0.685. The van der Waals surface area contributed by atoms with Gasteiger partial charge in [0.05, 0.1) is 12.5 Å². The molecule has 0 saturated carbocycles. The molecule has 130 valence electrons. The average molecular weight is 375 g/mol. The Morgan fingerprint density at radius 3 is 2.76 bits per heavy atom. The van der Waals surface area contributed by atoms with Gasteiger partial charge in [-0.15, -0.1) is 22.7 Å². The number of carbonyl (C=O) groups excluding carboxylic acids is 2. The van der Waals surface area contributed by atoms with Crippen molar-refractivity contribution in [2.24, 2.45) is 0 Å². The van der Waals surface area contributed by atoms with Gasteiger partial charge in [-0.1, -0.05) is 6.07 Å². The van der Waals surface area contributed by atoms with E-state index >= 15 is 0 Å². The molecule has 3 rings (SSSR count). The Morgan fingerprint density at radius 2 is 2.12 bits per heavy atom. The number of furan rings is 1. The molecule has 8 heteroatoms. The van der Waals surface area contributed by atoms with Gasteiger partial charge < -0.3 is 15.1 Å². The Balaban J connectivity index is 1.65. The number of nitrogens with zero attached hydrogens (tertiary/aromatic N) is 1. The van der Waals surface area contributed by atoms with Crippen LogP contribution in [0.3, 0.4) is 0 Å². The molecule has 0 aliphatic heterocycles. The highest BCUT2D eigenvalue weighted by atomic mass is 32.1. The molecule has 0 aliphatic carbocycles. The minimum Gasteiger partial charge on any atom is -0.460 e. The van der Waals surface area contributed by atoms with Crippen molar-refractivity contribution < 1.29 is 14.0 Å². The van der Waals surface area contributed by atoms with Gasteiger partial charge in [-0.3, -0.25) is 9.59 Å². The monoisotopic (exact) mass is 375 g/mol. The summed E-state index contributed by atoms with van der Waals surface area (Å²) in [6.45, 7) is 3.31. The van der Waals surface area contributed by atoms with Crippen molar-refractivity contribution in [1.82, 2.24) is 10.3 Å². The van der Waals surface area contributed by atoms with E-state index in [1.165, 1.54) is 29.6 Å². The van der Waals surface area contributed by atoms with E-state index in [2.05, 4.69) is 15.6 Å². The van der Waals surface area contributed by atoms with Crippen LogP contribution in [0, 0.1) is 6.92 Å². The molecule has 3 aromatic rings. The molecule has 25 heavy (non-hydrogen) atoms. The second-order valence-electron chi connectivity index (χ2n) is 5.47. The summed E-state index contributed by atoms with van der Waals surface area (Å²) >= 11 is 2.84. The van der Waals surface area contributed by atoms with Crippen molar-refractivity contribution in [2.75, 3.05) is 5.32 Å². The summed E-state index contributed by atoms with van der Waals surface area (Å²) in [6, 6.07) is 7.17. The number of amides is 2. The number of hydrogen-bond acceptors (Lipinski definition) is 6. The summed E-state index contributed by atoms with van der Waals surface area (Å²) in [6.07, 6.45) is 0.148. The molecule has 3 aromatic heterocycles. The van der Waals surface area contributed by atoms with Gasteiger partial charge in [0.25, 0.3) is 0 Å². The predicted octanol–water partition coefficient (Wildman–Crippen LogP) is 3.98. The summed E-state index contributed by atoms with van der Waals surface area (Å²) < 4.78 is 5.53. The molecular formula is C17H17N3O3S2. The van der Waals surface area contributed by atoms with Gasteiger partial charge in [0.2, 0.25) is 11.8 Å². The Kier molecular flexibility index (Phi) is 5.30. The maximum Gasteiger partial charge on any atom is 0.228 e. The van der Waals surface area contributed by atoms with Gasteiger partial charge in [0, 0.05) is 17.2 Å². The molecule has 0 fully saturated rings. The van der Waals surface area contributed by atoms with Crippen LogP contribution < -0.4 is 10.6 Å². The number of hydrogen-bond donors (Lipinski definition) is 2. The van der Waals surface area contributed by atoms with Crippen molar-refractivity contribution in [3.8, 4) is 11.5 Å². The van der Waals surface area contributed by atoms with E-state index in [1.54, 1.807) is 0 Å². The van der Waals surface area contributed by atoms with E-state index in [-0.39, 0.29) is 24.3 Å². The molecule has 2 N–H and O–H groups in total. The molecule has 2 amide bonds. The van der Waals surface area contributed by atoms with Crippen LogP contribution in [-0.4, -0.2) is 16.8 Å². The molecule has 3 heterocycles. The van der Waals surface area contributed by atoms with E-state index in [4.69, 9.17) is 4.42 Å². The predicted molar refractivity (Wildman–Crippen MR) is 98.7 cm³/mol. The topological polar surface area (TPSA) is 84.2 Å². The number of anilines is 1. The third-order valence-corrected chi connectivity index (χ3v) is 5.14. The maximum atomic E-state index is 12.3. The highest BCUT2D eigenvalue weighted by molar-refractivity contribution is 7.14. The zero-order valence-corrected chi connectivity index (χ0v) is 15.4. The van der Waals surface area contributed by atoms with Crippen LogP contribution in [0.2, 0.25) is 0 Å². The first-order chi connectivity index (χ1) is 12.0. The van der Waals surface area contributed by atoms with E-state index in [0.717, 1.165) is 10.6 Å². The number of aromatic nitrogens is 1. The minimum absolute atomic E-state index is 0.148. The van der Waals surface area contributed by atoms with Crippen LogP contribution in [-0.2, 0) is 9.59 Å².